The van der Waals surface area contributed by atoms with Crippen LogP contribution in [-0.4, -0.2) is 30.1 Å². The molecular formula is C23H17N3O3. The van der Waals surface area contributed by atoms with Gasteiger partial charge in [-0.2, -0.15) is 0 Å². The number of aromatic amines is 1. The molecule has 0 amide bonds. The molecule has 3 N–H and O–H groups in total. The van der Waals surface area contributed by atoms with Crippen LogP contribution < -0.4 is 0 Å². The van der Waals surface area contributed by atoms with Crippen LogP contribution in [0, 0.1) is 0 Å². The number of para-hydroxylation sites is 2. The summed E-state index contributed by atoms with van der Waals surface area (Å²) in [6.07, 6.45) is 4.19. The lowest BCUT2D eigenvalue weighted by molar-refractivity contribution is 0.0973. The largest absolute Gasteiger partial charge is 0.494 e. The number of hydrogen-bond donors (Lipinski definition) is 3. The Morgan fingerprint density at radius 2 is 1.76 bits per heavy atom. The summed E-state index contributed by atoms with van der Waals surface area (Å²) >= 11 is 0. The first-order chi connectivity index (χ1) is 14.1. The van der Waals surface area contributed by atoms with Crippen LogP contribution in [0.1, 0.15) is 16.8 Å². The molecule has 3 aromatic heterocycles. The van der Waals surface area contributed by atoms with E-state index in [1.165, 1.54) is 4.57 Å². The summed E-state index contributed by atoms with van der Waals surface area (Å²) in [5.41, 5.74) is 4.51. The van der Waals surface area contributed by atoms with Gasteiger partial charge in [-0.1, -0.05) is 30.3 Å². The molecule has 0 fully saturated rings. The van der Waals surface area contributed by atoms with Crippen LogP contribution in [0.5, 0.6) is 11.8 Å². The molecule has 1 aliphatic heterocycles. The molecule has 0 atom stereocenters. The van der Waals surface area contributed by atoms with Crippen LogP contribution in [0.3, 0.4) is 0 Å². The van der Waals surface area contributed by atoms with Crippen molar-refractivity contribution in [2.75, 3.05) is 0 Å². The van der Waals surface area contributed by atoms with Gasteiger partial charge in [-0.25, -0.2) is 4.57 Å². The smallest absolute Gasteiger partial charge is 0.206 e. The zero-order valence-electron chi connectivity index (χ0n) is 15.4. The number of H-pyrrole nitrogens is 1. The highest BCUT2D eigenvalue weighted by molar-refractivity contribution is 6.12. The van der Waals surface area contributed by atoms with Crippen LogP contribution in [-0.2, 0) is 6.54 Å². The average Bonchev–Trinajstić information content (AvgIpc) is 3.39. The molecule has 6 rings (SSSR count). The molecule has 0 spiro atoms. The van der Waals surface area contributed by atoms with Crippen LogP contribution in [0.15, 0.2) is 60.9 Å². The third-order valence-corrected chi connectivity index (χ3v) is 5.83. The number of carbonyl (C=O) groups is 1. The Balaban J connectivity index is 1.61. The molecular weight excluding hydrogens is 366 g/mol. The number of fused-ring (bicyclic) bond motifs is 1. The van der Waals surface area contributed by atoms with E-state index in [0.717, 1.165) is 27.4 Å². The number of aryl methyl sites for hydroxylation is 1. The van der Waals surface area contributed by atoms with Gasteiger partial charge in [-0.15, -0.1) is 0 Å². The Kier molecular flexibility index (Phi) is 3.07. The first-order valence-electron chi connectivity index (χ1n) is 9.49. The molecule has 6 nitrogen and oxygen atoms in total. The minimum atomic E-state index is -0.0507. The van der Waals surface area contributed by atoms with Crippen molar-refractivity contribution in [1.82, 2.24) is 14.1 Å². The van der Waals surface area contributed by atoms with Crippen molar-refractivity contribution < 1.29 is 15.0 Å². The second-order valence-corrected chi connectivity index (χ2v) is 7.41. The second-order valence-electron chi connectivity index (χ2n) is 7.41. The van der Waals surface area contributed by atoms with Crippen LogP contribution >= 0.6 is 0 Å². The molecule has 0 radical (unpaired) electrons. The number of hydrogen-bond acceptors (Lipinski definition) is 3. The number of nitrogens with zero attached hydrogens (tertiary/aromatic N) is 2. The first kappa shape index (κ1) is 16.1. The van der Waals surface area contributed by atoms with E-state index >= 15 is 0 Å². The van der Waals surface area contributed by atoms with Gasteiger partial charge in [0.2, 0.25) is 5.88 Å². The number of carbonyl (C=O) groups excluding carboxylic acids is 1. The van der Waals surface area contributed by atoms with E-state index in [-0.39, 0.29) is 17.5 Å². The van der Waals surface area contributed by atoms with Gasteiger partial charge in [0.05, 0.1) is 11.2 Å². The predicted molar refractivity (Wildman–Crippen MR) is 111 cm³/mol. The average molecular weight is 383 g/mol. The Hall–Kier alpha value is -3.93. The number of nitrogens with one attached hydrogen (secondary N) is 1. The summed E-state index contributed by atoms with van der Waals surface area (Å²) in [7, 11) is 0. The van der Waals surface area contributed by atoms with E-state index in [9.17, 15) is 15.0 Å². The van der Waals surface area contributed by atoms with Gasteiger partial charge < -0.3 is 19.8 Å². The van der Waals surface area contributed by atoms with Crippen LogP contribution in [0.2, 0.25) is 0 Å². The van der Waals surface area contributed by atoms with E-state index in [2.05, 4.69) is 9.55 Å². The highest BCUT2D eigenvalue weighted by Crippen LogP contribution is 2.44. The fourth-order valence-electron chi connectivity index (χ4n) is 4.50. The number of ketones is 1. The zero-order chi connectivity index (χ0) is 19.7. The predicted octanol–water partition coefficient (Wildman–Crippen LogP) is 4.58. The number of aromatic nitrogens is 3. The number of rotatable bonds is 2. The molecule has 29 heavy (non-hydrogen) atoms. The molecule has 0 saturated heterocycles. The maximum absolute atomic E-state index is 12.3. The van der Waals surface area contributed by atoms with Crippen LogP contribution in [0.4, 0.5) is 0 Å². The lowest BCUT2D eigenvalue weighted by Crippen LogP contribution is -2.13. The summed E-state index contributed by atoms with van der Waals surface area (Å²) in [5, 5.41) is 23.6. The normalized spacial score (nSPS) is 13.6. The highest BCUT2D eigenvalue weighted by atomic mass is 16.3. The first-order valence-corrected chi connectivity index (χ1v) is 9.49. The van der Waals surface area contributed by atoms with Crippen molar-refractivity contribution in [3.63, 3.8) is 0 Å². The number of benzene rings is 2. The second kappa shape index (κ2) is 5.54. The number of Topliss-reactive ketones (excluding diaryl/α,β-unsaturated/α-hetero) is 1. The summed E-state index contributed by atoms with van der Waals surface area (Å²) < 4.78 is 3.49. The van der Waals surface area contributed by atoms with Crippen molar-refractivity contribution in [1.29, 1.82) is 0 Å². The van der Waals surface area contributed by atoms with Crippen molar-refractivity contribution in [3.05, 3.63) is 66.5 Å². The summed E-state index contributed by atoms with van der Waals surface area (Å²) in [6, 6.07) is 15.0. The van der Waals surface area contributed by atoms with Gasteiger partial charge in [0.1, 0.15) is 0 Å². The maximum Gasteiger partial charge on any atom is 0.206 e. The van der Waals surface area contributed by atoms with Crippen molar-refractivity contribution in [2.24, 2.45) is 0 Å². The molecule has 1 aliphatic rings. The van der Waals surface area contributed by atoms with Gasteiger partial charge in [0, 0.05) is 64.4 Å². The Morgan fingerprint density at radius 1 is 0.931 bits per heavy atom. The van der Waals surface area contributed by atoms with E-state index in [1.54, 1.807) is 12.3 Å². The molecule has 142 valence electrons. The monoisotopic (exact) mass is 383 g/mol. The lowest BCUT2D eigenvalue weighted by atomic mass is 10.00. The van der Waals surface area contributed by atoms with Gasteiger partial charge in [-0.3, -0.25) is 4.79 Å². The van der Waals surface area contributed by atoms with Crippen molar-refractivity contribution in [2.45, 2.75) is 13.0 Å². The third-order valence-electron chi connectivity index (χ3n) is 5.83. The van der Waals surface area contributed by atoms with Gasteiger partial charge >= 0.3 is 0 Å². The van der Waals surface area contributed by atoms with Gasteiger partial charge in [0.15, 0.2) is 11.7 Å². The SMILES string of the molecule is O=C1CCn2cc(-c3cc(O)n(-c4c[nH]c5ccccc45)c3O)c3cccc1c32. The Labute approximate surface area is 165 Å². The van der Waals surface area contributed by atoms with Crippen molar-refractivity contribution >= 4 is 27.6 Å². The minimum absolute atomic E-state index is 0.0396. The zero-order valence-corrected chi connectivity index (χ0v) is 15.4. The maximum atomic E-state index is 12.3. The topological polar surface area (TPSA) is 83.2 Å². The molecule has 0 unspecified atom stereocenters. The fourth-order valence-corrected chi connectivity index (χ4v) is 4.50. The quantitative estimate of drug-likeness (QED) is 0.417. The molecule has 5 aromatic rings. The summed E-state index contributed by atoms with van der Waals surface area (Å²) in [5.74, 6) is 0.0451. The van der Waals surface area contributed by atoms with E-state index in [0.29, 0.717) is 29.8 Å². The molecule has 4 heterocycles. The molecule has 0 aliphatic carbocycles. The standard InChI is InChI=1S/C23H17N3O3/c27-20-8-9-25-12-17(13-5-3-6-15(20)22(13)25)16-10-21(28)26(23(16)29)19-11-24-18-7-2-1-4-14(18)19/h1-7,10-12,24,28-29H,8-9H2. The van der Waals surface area contributed by atoms with E-state index in [1.807, 2.05) is 48.7 Å². The minimum Gasteiger partial charge on any atom is -0.494 e. The summed E-state index contributed by atoms with van der Waals surface area (Å²) in [6.45, 7) is 0.613. The van der Waals surface area contributed by atoms with E-state index in [4.69, 9.17) is 0 Å². The fraction of sp³-hybridized carbons (Fsp3) is 0.0870. The third kappa shape index (κ3) is 2.08. The Morgan fingerprint density at radius 3 is 2.66 bits per heavy atom. The van der Waals surface area contributed by atoms with Crippen molar-refractivity contribution in [3.8, 4) is 28.6 Å². The van der Waals surface area contributed by atoms with Gasteiger partial charge in [-0.05, 0) is 12.1 Å². The molecule has 2 aromatic carbocycles. The molecule has 6 heteroatoms. The van der Waals surface area contributed by atoms with Gasteiger partial charge in [0.25, 0.3) is 0 Å². The summed E-state index contributed by atoms with van der Waals surface area (Å²) in [4.78, 5) is 15.5. The molecule has 0 saturated carbocycles. The highest BCUT2D eigenvalue weighted by Gasteiger charge is 2.25. The number of aromatic hydroxyl groups is 2. The molecule has 0 bridgehead atoms. The Bertz CT molecular complexity index is 1450. The lowest BCUT2D eigenvalue weighted by Gasteiger charge is -2.13. The van der Waals surface area contributed by atoms with E-state index < -0.39 is 0 Å². The van der Waals surface area contributed by atoms with Crippen LogP contribution in [0.25, 0.3) is 38.6 Å².